The first kappa shape index (κ1) is 20.0. The minimum absolute atomic E-state index is 0.242. The van der Waals surface area contributed by atoms with Crippen molar-refractivity contribution in [1.82, 2.24) is 10.3 Å². The lowest BCUT2D eigenvalue weighted by Crippen LogP contribution is -2.44. The topological polar surface area (TPSA) is 83.2 Å². The van der Waals surface area contributed by atoms with Gasteiger partial charge < -0.3 is 20.4 Å². The Morgan fingerprint density at radius 1 is 1.13 bits per heavy atom. The Morgan fingerprint density at radius 3 is 2.73 bits per heavy atom. The monoisotopic (exact) mass is 405 g/mol. The Kier molecular flexibility index (Phi) is 6.02. The van der Waals surface area contributed by atoms with E-state index >= 15 is 0 Å². The number of fused-ring (bicyclic) bond motifs is 1. The Hall–Kier alpha value is -3.28. The van der Waals surface area contributed by atoms with Crippen molar-refractivity contribution in [3.8, 4) is 5.75 Å². The molecule has 3 aromatic rings. The minimum Gasteiger partial charge on any atom is -0.490 e. The largest absolute Gasteiger partial charge is 0.490 e. The van der Waals surface area contributed by atoms with Crippen LogP contribution in [-0.4, -0.2) is 28.9 Å². The molecule has 1 heterocycles. The molecule has 3 N–H and O–H groups in total. The zero-order valence-electron chi connectivity index (χ0n) is 17.1. The summed E-state index contributed by atoms with van der Waals surface area (Å²) in [6.45, 7) is 1.42. The van der Waals surface area contributed by atoms with E-state index in [-0.39, 0.29) is 17.9 Å². The number of H-pyrrole nitrogens is 1. The van der Waals surface area contributed by atoms with Crippen molar-refractivity contribution in [1.29, 1.82) is 0 Å². The highest BCUT2D eigenvalue weighted by molar-refractivity contribution is 5.97. The van der Waals surface area contributed by atoms with Crippen molar-refractivity contribution in [3.63, 3.8) is 0 Å². The van der Waals surface area contributed by atoms with Crippen molar-refractivity contribution in [3.05, 3.63) is 60.3 Å². The van der Waals surface area contributed by atoms with E-state index in [0.29, 0.717) is 12.1 Å². The quantitative estimate of drug-likeness (QED) is 0.552. The van der Waals surface area contributed by atoms with Crippen LogP contribution in [0.1, 0.15) is 38.2 Å². The summed E-state index contributed by atoms with van der Waals surface area (Å²) in [7, 11) is 0. The number of para-hydroxylation sites is 1. The Balaban J connectivity index is 1.47. The first-order valence-electron chi connectivity index (χ1n) is 10.5. The molecule has 0 bridgehead atoms. The number of hydrogen-bond donors (Lipinski definition) is 3. The summed E-state index contributed by atoms with van der Waals surface area (Å²) in [6.07, 6.45) is 7.10. The molecule has 1 aliphatic carbocycles. The fraction of sp³-hybridized carbons (Fsp3) is 0.333. The summed E-state index contributed by atoms with van der Waals surface area (Å²) in [5.41, 5.74) is 2.65. The molecule has 1 aliphatic rings. The fourth-order valence-corrected chi connectivity index (χ4v) is 4.05. The van der Waals surface area contributed by atoms with Gasteiger partial charge in [-0.15, -0.1) is 0 Å². The second-order valence-corrected chi connectivity index (χ2v) is 7.86. The molecule has 1 aromatic heterocycles. The lowest BCUT2D eigenvalue weighted by molar-refractivity contribution is -0.125. The molecule has 1 unspecified atom stereocenters. The van der Waals surface area contributed by atoms with Gasteiger partial charge in [-0.25, -0.2) is 0 Å². The highest BCUT2D eigenvalue weighted by atomic mass is 16.5. The smallest absolute Gasteiger partial charge is 0.247 e. The molecular formula is C24H27N3O3. The van der Waals surface area contributed by atoms with E-state index in [4.69, 9.17) is 4.74 Å². The van der Waals surface area contributed by atoms with Crippen LogP contribution in [0.2, 0.25) is 0 Å². The second-order valence-electron chi connectivity index (χ2n) is 7.86. The zero-order valence-corrected chi connectivity index (χ0v) is 17.1. The highest BCUT2D eigenvalue weighted by Gasteiger charge is 2.22. The summed E-state index contributed by atoms with van der Waals surface area (Å²) in [5, 5.41) is 6.76. The van der Waals surface area contributed by atoms with Crippen LogP contribution in [-0.2, 0) is 16.0 Å². The van der Waals surface area contributed by atoms with Gasteiger partial charge in [0.05, 0.1) is 6.10 Å². The third kappa shape index (κ3) is 4.82. The van der Waals surface area contributed by atoms with Gasteiger partial charge in [0.15, 0.2) is 0 Å². The molecule has 1 fully saturated rings. The number of rotatable bonds is 7. The van der Waals surface area contributed by atoms with E-state index < -0.39 is 6.04 Å². The number of aromatic nitrogens is 1. The summed E-state index contributed by atoms with van der Waals surface area (Å²) >= 11 is 0. The summed E-state index contributed by atoms with van der Waals surface area (Å²) in [6, 6.07) is 14.7. The average molecular weight is 405 g/mol. The van der Waals surface area contributed by atoms with Crippen LogP contribution in [0.15, 0.2) is 54.7 Å². The number of hydrogen-bond acceptors (Lipinski definition) is 3. The van der Waals surface area contributed by atoms with Gasteiger partial charge >= 0.3 is 0 Å². The lowest BCUT2D eigenvalue weighted by Gasteiger charge is -2.18. The van der Waals surface area contributed by atoms with Crippen molar-refractivity contribution >= 4 is 28.4 Å². The van der Waals surface area contributed by atoms with Gasteiger partial charge in [-0.3, -0.25) is 9.59 Å². The molecule has 156 valence electrons. The van der Waals surface area contributed by atoms with Gasteiger partial charge in [-0.2, -0.15) is 0 Å². The molecule has 1 saturated carbocycles. The molecule has 30 heavy (non-hydrogen) atoms. The predicted molar refractivity (Wildman–Crippen MR) is 118 cm³/mol. The molecule has 2 aromatic carbocycles. The molecule has 2 amide bonds. The number of ether oxygens (including phenoxy) is 1. The van der Waals surface area contributed by atoms with Gasteiger partial charge in [0.2, 0.25) is 11.8 Å². The summed E-state index contributed by atoms with van der Waals surface area (Å²) in [5.74, 6) is 0.259. The summed E-state index contributed by atoms with van der Waals surface area (Å²) in [4.78, 5) is 27.9. The number of benzene rings is 2. The first-order chi connectivity index (χ1) is 14.6. The third-order valence-electron chi connectivity index (χ3n) is 5.50. The summed E-state index contributed by atoms with van der Waals surface area (Å²) < 4.78 is 6.03. The Bertz CT molecular complexity index is 1040. The molecule has 4 rings (SSSR count). The van der Waals surface area contributed by atoms with E-state index in [2.05, 4.69) is 15.6 Å². The maximum absolute atomic E-state index is 13.0. The maximum Gasteiger partial charge on any atom is 0.247 e. The standard InChI is InChI=1S/C24H27N3O3/c1-16(28)26-23(13-17-15-25-22-12-5-4-11-21(17)22)24(29)27-18-7-6-10-20(14-18)30-19-8-2-3-9-19/h4-7,10-12,14-15,19,23,25H,2-3,8-9,13H2,1H3,(H,26,28)(H,27,29). The van der Waals surface area contributed by atoms with Crippen molar-refractivity contribution in [2.24, 2.45) is 0 Å². The average Bonchev–Trinajstić information content (AvgIpc) is 3.38. The van der Waals surface area contributed by atoms with Gasteiger partial charge in [-0.1, -0.05) is 24.3 Å². The molecule has 0 saturated heterocycles. The van der Waals surface area contributed by atoms with Crippen LogP contribution >= 0.6 is 0 Å². The van der Waals surface area contributed by atoms with E-state index in [9.17, 15) is 9.59 Å². The van der Waals surface area contributed by atoms with Gasteiger partial charge in [-0.05, 0) is 49.4 Å². The number of aromatic amines is 1. The van der Waals surface area contributed by atoms with Crippen LogP contribution in [0.25, 0.3) is 10.9 Å². The van der Waals surface area contributed by atoms with Crippen molar-refractivity contribution in [2.75, 3.05) is 5.32 Å². The molecule has 6 heteroatoms. The molecule has 0 aliphatic heterocycles. The maximum atomic E-state index is 13.0. The highest BCUT2D eigenvalue weighted by Crippen LogP contribution is 2.26. The van der Waals surface area contributed by atoms with E-state index in [0.717, 1.165) is 35.1 Å². The van der Waals surface area contributed by atoms with Crippen LogP contribution in [0.3, 0.4) is 0 Å². The van der Waals surface area contributed by atoms with Crippen LogP contribution in [0.5, 0.6) is 5.75 Å². The minimum atomic E-state index is -0.680. The second kappa shape index (κ2) is 9.03. The number of carbonyl (C=O) groups is 2. The number of nitrogens with one attached hydrogen (secondary N) is 3. The first-order valence-corrected chi connectivity index (χ1v) is 10.5. The van der Waals surface area contributed by atoms with Crippen LogP contribution in [0.4, 0.5) is 5.69 Å². The van der Waals surface area contributed by atoms with Crippen molar-refractivity contribution < 1.29 is 14.3 Å². The number of anilines is 1. The lowest BCUT2D eigenvalue weighted by atomic mass is 10.0. The molecule has 0 spiro atoms. The van der Waals surface area contributed by atoms with Gasteiger partial charge in [0.1, 0.15) is 11.8 Å². The number of amides is 2. The Labute approximate surface area is 176 Å². The van der Waals surface area contributed by atoms with Crippen molar-refractivity contribution in [2.45, 2.75) is 51.2 Å². The van der Waals surface area contributed by atoms with E-state index in [1.165, 1.54) is 19.8 Å². The SMILES string of the molecule is CC(=O)NC(Cc1c[nH]c2ccccc12)C(=O)Nc1cccc(OC2CCCC2)c1. The molecule has 1 atom stereocenters. The van der Waals surface area contributed by atoms with Gasteiger partial charge in [0, 0.05) is 42.2 Å². The predicted octanol–water partition coefficient (Wildman–Crippen LogP) is 4.18. The van der Waals surface area contributed by atoms with Crippen LogP contribution in [0, 0.1) is 0 Å². The molecule has 6 nitrogen and oxygen atoms in total. The Morgan fingerprint density at radius 2 is 1.93 bits per heavy atom. The number of carbonyl (C=O) groups excluding carboxylic acids is 2. The normalized spacial score (nSPS) is 15.1. The van der Waals surface area contributed by atoms with E-state index in [1.54, 1.807) is 0 Å². The molecular weight excluding hydrogens is 378 g/mol. The van der Waals surface area contributed by atoms with Crippen LogP contribution < -0.4 is 15.4 Å². The van der Waals surface area contributed by atoms with Gasteiger partial charge in [0.25, 0.3) is 0 Å². The fourth-order valence-electron chi connectivity index (χ4n) is 4.05. The third-order valence-corrected chi connectivity index (χ3v) is 5.50. The van der Waals surface area contributed by atoms with E-state index in [1.807, 2.05) is 54.7 Å². The zero-order chi connectivity index (χ0) is 20.9. The molecule has 0 radical (unpaired) electrons.